The van der Waals surface area contributed by atoms with Crippen molar-refractivity contribution in [1.82, 2.24) is 4.90 Å². The van der Waals surface area contributed by atoms with Gasteiger partial charge in [0.1, 0.15) is 0 Å². The van der Waals surface area contributed by atoms with Crippen LogP contribution in [0.1, 0.15) is 47.6 Å². The van der Waals surface area contributed by atoms with Crippen LogP contribution in [0.15, 0.2) is 12.1 Å². The molecule has 0 bridgehead atoms. The number of nitrogens with zero attached hydrogens (tertiary/aromatic N) is 1. The van der Waals surface area contributed by atoms with Gasteiger partial charge in [-0.1, -0.05) is 18.6 Å². The second kappa shape index (κ2) is 5.50. The average molecular weight is 272 g/mol. The zero-order valence-corrected chi connectivity index (χ0v) is 13.2. The highest BCUT2D eigenvalue weighted by molar-refractivity contribution is 5.38. The molecule has 1 aromatic rings. The van der Waals surface area contributed by atoms with E-state index in [1.807, 2.05) is 0 Å². The molecule has 0 spiro atoms. The van der Waals surface area contributed by atoms with Crippen LogP contribution in [0.2, 0.25) is 0 Å². The SMILES string of the molecule is Cc1cc(C)c(C(CN)N2CC3CCCC3C2)cc1C. The minimum absolute atomic E-state index is 0.417. The minimum atomic E-state index is 0.417. The van der Waals surface area contributed by atoms with E-state index in [4.69, 9.17) is 5.73 Å². The Balaban J connectivity index is 1.85. The van der Waals surface area contributed by atoms with Crippen molar-refractivity contribution in [3.8, 4) is 0 Å². The summed E-state index contributed by atoms with van der Waals surface area (Å²) in [5.41, 5.74) is 11.8. The summed E-state index contributed by atoms with van der Waals surface area (Å²) in [6.07, 6.45) is 4.31. The predicted octanol–water partition coefficient (Wildman–Crippen LogP) is 3.34. The third kappa shape index (κ3) is 2.40. The van der Waals surface area contributed by atoms with Crippen molar-refractivity contribution in [2.24, 2.45) is 17.6 Å². The van der Waals surface area contributed by atoms with Gasteiger partial charge in [-0.25, -0.2) is 0 Å². The van der Waals surface area contributed by atoms with Crippen LogP contribution < -0.4 is 5.73 Å². The quantitative estimate of drug-likeness (QED) is 0.914. The molecule has 3 rings (SSSR count). The Labute approximate surface area is 123 Å². The fourth-order valence-corrected chi connectivity index (χ4v) is 4.34. The fraction of sp³-hybridized carbons (Fsp3) is 0.667. The van der Waals surface area contributed by atoms with Gasteiger partial charge in [-0.15, -0.1) is 0 Å². The van der Waals surface area contributed by atoms with Crippen molar-refractivity contribution < 1.29 is 0 Å². The summed E-state index contributed by atoms with van der Waals surface area (Å²) < 4.78 is 0. The molecule has 1 saturated carbocycles. The normalized spacial score (nSPS) is 27.8. The number of aryl methyl sites for hydroxylation is 3. The summed E-state index contributed by atoms with van der Waals surface area (Å²) in [6.45, 7) is 9.91. The summed E-state index contributed by atoms with van der Waals surface area (Å²) in [5.74, 6) is 1.88. The van der Waals surface area contributed by atoms with Gasteiger partial charge >= 0.3 is 0 Å². The van der Waals surface area contributed by atoms with Crippen LogP contribution in [0.5, 0.6) is 0 Å². The average Bonchev–Trinajstić information content (AvgIpc) is 2.97. The molecule has 1 heterocycles. The molecular formula is C18H28N2. The number of hydrogen-bond donors (Lipinski definition) is 1. The Morgan fingerprint density at radius 3 is 2.25 bits per heavy atom. The lowest BCUT2D eigenvalue weighted by molar-refractivity contribution is 0.231. The molecule has 1 aromatic carbocycles. The summed E-state index contributed by atoms with van der Waals surface area (Å²) in [4.78, 5) is 2.66. The minimum Gasteiger partial charge on any atom is -0.329 e. The molecule has 3 unspecified atom stereocenters. The molecule has 110 valence electrons. The van der Waals surface area contributed by atoms with Gasteiger partial charge in [-0.05, 0) is 67.7 Å². The Morgan fingerprint density at radius 1 is 1.05 bits per heavy atom. The van der Waals surface area contributed by atoms with Crippen LogP contribution in [-0.2, 0) is 0 Å². The smallest absolute Gasteiger partial charge is 0.0473 e. The summed E-state index contributed by atoms with van der Waals surface area (Å²) >= 11 is 0. The molecule has 0 amide bonds. The van der Waals surface area contributed by atoms with Crippen molar-refractivity contribution in [2.45, 2.75) is 46.1 Å². The van der Waals surface area contributed by atoms with Crippen molar-refractivity contribution in [2.75, 3.05) is 19.6 Å². The molecule has 1 saturated heterocycles. The molecule has 2 N–H and O–H groups in total. The maximum atomic E-state index is 6.15. The molecular weight excluding hydrogens is 244 g/mol. The summed E-state index contributed by atoms with van der Waals surface area (Å²) in [6, 6.07) is 5.11. The maximum absolute atomic E-state index is 6.15. The number of nitrogens with two attached hydrogens (primary N) is 1. The Kier molecular flexibility index (Phi) is 3.87. The highest BCUT2D eigenvalue weighted by Crippen LogP contribution is 2.41. The monoisotopic (exact) mass is 272 g/mol. The van der Waals surface area contributed by atoms with E-state index in [9.17, 15) is 0 Å². The summed E-state index contributed by atoms with van der Waals surface area (Å²) in [5, 5.41) is 0. The van der Waals surface area contributed by atoms with Crippen LogP contribution in [0, 0.1) is 32.6 Å². The number of fused-ring (bicyclic) bond motifs is 1. The number of hydrogen-bond acceptors (Lipinski definition) is 2. The second-order valence-corrected chi connectivity index (χ2v) is 6.95. The van der Waals surface area contributed by atoms with Gasteiger partial charge in [0.25, 0.3) is 0 Å². The van der Waals surface area contributed by atoms with E-state index in [0.717, 1.165) is 18.4 Å². The zero-order valence-electron chi connectivity index (χ0n) is 13.2. The third-order valence-electron chi connectivity index (χ3n) is 5.66. The Morgan fingerprint density at radius 2 is 1.65 bits per heavy atom. The van der Waals surface area contributed by atoms with Gasteiger partial charge in [0.2, 0.25) is 0 Å². The van der Waals surface area contributed by atoms with Gasteiger partial charge in [-0.2, -0.15) is 0 Å². The van der Waals surface area contributed by atoms with E-state index in [-0.39, 0.29) is 0 Å². The molecule has 3 atom stereocenters. The molecule has 2 nitrogen and oxygen atoms in total. The molecule has 2 heteroatoms. The third-order valence-corrected chi connectivity index (χ3v) is 5.66. The summed E-state index contributed by atoms with van der Waals surface area (Å²) in [7, 11) is 0. The van der Waals surface area contributed by atoms with E-state index >= 15 is 0 Å². The van der Waals surface area contributed by atoms with Gasteiger partial charge in [-0.3, -0.25) is 4.90 Å². The van der Waals surface area contributed by atoms with Crippen LogP contribution in [-0.4, -0.2) is 24.5 Å². The second-order valence-electron chi connectivity index (χ2n) is 6.95. The maximum Gasteiger partial charge on any atom is 0.0473 e. The molecule has 0 aromatic heterocycles. The van der Waals surface area contributed by atoms with E-state index in [2.05, 4.69) is 37.8 Å². The van der Waals surface area contributed by atoms with Crippen molar-refractivity contribution in [1.29, 1.82) is 0 Å². The lowest BCUT2D eigenvalue weighted by Crippen LogP contribution is -2.33. The van der Waals surface area contributed by atoms with Gasteiger partial charge < -0.3 is 5.73 Å². The van der Waals surface area contributed by atoms with Crippen LogP contribution in [0.4, 0.5) is 0 Å². The van der Waals surface area contributed by atoms with Gasteiger partial charge in [0.15, 0.2) is 0 Å². The fourth-order valence-electron chi connectivity index (χ4n) is 4.34. The van der Waals surface area contributed by atoms with Crippen molar-refractivity contribution in [3.63, 3.8) is 0 Å². The molecule has 0 radical (unpaired) electrons. The van der Waals surface area contributed by atoms with Gasteiger partial charge in [0.05, 0.1) is 0 Å². The molecule has 1 aliphatic heterocycles. The van der Waals surface area contributed by atoms with Crippen LogP contribution in [0.3, 0.4) is 0 Å². The molecule has 2 fully saturated rings. The standard InChI is InChI=1S/C18H28N2/c1-12-7-14(3)17(8-13(12)2)18(9-19)20-10-15-5-4-6-16(15)11-20/h7-8,15-16,18H,4-6,9-11,19H2,1-3H3. The molecule has 20 heavy (non-hydrogen) atoms. The molecule has 2 aliphatic rings. The lowest BCUT2D eigenvalue weighted by Gasteiger charge is -2.29. The number of likely N-dealkylation sites (tertiary alicyclic amines) is 1. The first-order chi connectivity index (χ1) is 9.60. The first-order valence-electron chi connectivity index (χ1n) is 8.12. The van der Waals surface area contributed by atoms with E-state index in [1.165, 1.54) is 54.6 Å². The number of rotatable bonds is 3. The Bertz CT molecular complexity index is 482. The van der Waals surface area contributed by atoms with E-state index in [0.29, 0.717) is 6.04 Å². The highest BCUT2D eigenvalue weighted by atomic mass is 15.2. The van der Waals surface area contributed by atoms with E-state index in [1.54, 1.807) is 0 Å². The Hall–Kier alpha value is -0.860. The van der Waals surface area contributed by atoms with Crippen LogP contribution in [0.25, 0.3) is 0 Å². The lowest BCUT2D eigenvalue weighted by atomic mass is 9.95. The zero-order chi connectivity index (χ0) is 14.3. The first-order valence-corrected chi connectivity index (χ1v) is 8.12. The topological polar surface area (TPSA) is 29.3 Å². The largest absolute Gasteiger partial charge is 0.329 e. The van der Waals surface area contributed by atoms with Crippen molar-refractivity contribution in [3.05, 3.63) is 34.4 Å². The van der Waals surface area contributed by atoms with Gasteiger partial charge in [0, 0.05) is 25.7 Å². The van der Waals surface area contributed by atoms with Crippen LogP contribution >= 0.6 is 0 Å². The van der Waals surface area contributed by atoms with E-state index < -0.39 is 0 Å². The van der Waals surface area contributed by atoms with Crippen molar-refractivity contribution >= 4 is 0 Å². The first kappa shape index (κ1) is 14.1. The predicted molar refractivity (Wildman–Crippen MR) is 84.9 cm³/mol. The highest BCUT2D eigenvalue weighted by Gasteiger charge is 2.38. The number of benzene rings is 1. The molecule has 1 aliphatic carbocycles.